The number of pyridine rings is 1. The van der Waals surface area contributed by atoms with Gasteiger partial charge in [0.15, 0.2) is 5.82 Å². The highest BCUT2D eigenvalue weighted by atomic mass is 19.1. The van der Waals surface area contributed by atoms with Gasteiger partial charge in [-0.25, -0.2) is 18.7 Å². The first-order valence-corrected chi connectivity index (χ1v) is 10.8. The highest BCUT2D eigenvalue weighted by Crippen LogP contribution is 2.36. The number of anilines is 1. The fourth-order valence-electron chi connectivity index (χ4n) is 3.92. The zero-order valence-electron chi connectivity index (χ0n) is 18.3. The van der Waals surface area contributed by atoms with Crippen molar-refractivity contribution < 1.29 is 18.3 Å². The van der Waals surface area contributed by atoms with Crippen molar-refractivity contribution in [1.82, 2.24) is 15.0 Å². The third-order valence-corrected chi connectivity index (χ3v) is 5.66. The van der Waals surface area contributed by atoms with Crippen molar-refractivity contribution in [3.63, 3.8) is 0 Å². The quantitative estimate of drug-likeness (QED) is 0.598. The number of rotatable bonds is 5. The molecule has 0 aliphatic carbocycles. The Kier molecular flexibility index (Phi) is 6.71. The molecule has 3 N–H and O–H groups in total. The number of nitrogens with zero attached hydrogens (tertiary/aromatic N) is 3. The average Bonchev–Trinajstić information content (AvgIpc) is 2.79. The molecule has 9 heteroatoms. The van der Waals surface area contributed by atoms with Crippen LogP contribution in [0.1, 0.15) is 48.8 Å². The molecule has 33 heavy (non-hydrogen) atoms. The zero-order chi connectivity index (χ0) is 23.5. The summed E-state index contributed by atoms with van der Waals surface area (Å²) in [6, 6.07) is 6.60. The monoisotopic (exact) mass is 453 g/mol. The predicted molar refractivity (Wildman–Crippen MR) is 119 cm³/mol. The number of nitrogens with one attached hydrogen (secondary N) is 1. The summed E-state index contributed by atoms with van der Waals surface area (Å²) in [5, 5.41) is 2.79. The number of aromatic nitrogens is 3. The normalized spacial score (nSPS) is 20.6. The van der Waals surface area contributed by atoms with Gasteiger partial charge in [-0.3, -0.25) is 9.78 Å². The predicted octanol–water partition coefficient (Wildman–Crippen LogP) is 4.27. The van der Waals surface area contributed by atoms with Crippen molar-refractivity contribution in [1.29, 1.82) is 0 Å². The van der Waals surface area contributed by atoms with Gasteiger partial charge in [0.25, 0.3) is 5.91 Å². The first kappa shape index (κ1) is 22.9. The maximum atomic E-state index is 14.1. The summed E-state index contributed by atoms with van der Waals surface area (Å²) < 4.78 is 34.6. The summed E-state index contributed by atoms with van der Waals surface area (Å²) in [6.45, 7) is 4.17. The maximum absolute atomic E-state index is 14.1. The second-order valence-electron chi connectivity index (χ2n) is 8.42. The molecule has 1 aliphatic heterocycles. The minimum Gasteiger partial charge on any atom is -0.370 e. The molecular formula is C24H25F2N5O2. The van der Waals surface area contributed by atoms with Crippen LogP contribution in [-0.2, 0) is 4.74 Å². The Morgan fingerprint density at radius 2 is 1.91 bits per heavy atom. The standard InChI is InChI=1S/C24H25F2N5O2/c1-13(2)20-10-14(27)11-21(33-20)15-6-8-28-12-19(15)31-24(32)18-7-9-29-23(30-18)22-16(25)4-3-5-17(22)26/h3-9,12-14,20-21H,10-11,27H2,1-2H3,(H,31,32)/t14-,20-,21+/m0/s1. The minimum atomic E-state index is -0.812. The zero-order valence-corrected chi connectivity index (χ0v) is 18.3. The van der Waals surface area contributed by atoms with E-state index in [-0.39, 0.29) is 29.8 Å². The van der Waals surface area contributed by atoms with Crippen molar-refractivity contribution in [3.8, 4) is 11.4 Å². The Morgan fingerprint density at radius 1 is 1.15 bits per heavy atom. The number of hydrogen-bond donors (Lipinski definition) is 2. The molecule has 1 amide bonds. The Balaban J connectivity index is 1.59. The van der Waals surface area contributed by atoms with Crippen molar-refractivity contribution in [2.24, 2.45) is 11.7 Å². The van der Waals surface area contributed by atoms with Crippen LogP contribution < -0.4 is 11.1 Å². The minimum absolute atomic E-state index is 0.00977. The topological polar surface area (TPSA) is 103 Å². The third-order valence-electron chi connectivity index (χ3n) is 5.66. The second kappa shape index (κ2) is 9.68. The van der Waals surface area contributed by atoms with E-state index >= 15 is 0 Å². The first-order chi connectivity index (χ1) is 15.8. The highest BCUT2D eigenvalue weighted by Gasteiger charge is 2.31. The van der Waals surface area contributed by atoms with E-state index in [0.29, 0.717) is 18.0 Å². The number of carbonyl (C=O) groups excluding carboxylic acids is 1. The molecular weight excluding hydrogens is 428 g/mol. The third kappa shape index (κ3) is 5.04. The maximum Gasteiger partial charge on any atom is 0.274 e. The van der Waals surface area contributed by atoms with Crippen LogP contribution in [0.15, 0.2) is 48.9 Å². The lowest BCUT2D eigenvalue weighted by Gasteiger charge is -2.36. The van der Waals surface area contributed by atoms with Crippen molar-refractivity contribution in [2.75, 3.05) is 5.32 Å². The van der Waals surface area contributed by atoms with Crippen LogP contribution in [0.2, 0.25) is 0 Å². The molecule has 1 fully saturated rings. The van der Waals surface area contributed by atoms with Gasteiger partial charge in [0.2, 0.25) is 0 Å². The summed E-state index contributed by atoms with van der Waals surface area (Å²) >= 11 is 0. The van der Waals surface area contributed by atoms with Gasteiger partial charge in [-0.15, -0.1) is 0 Å². The molecule has 1 aliphatic rings. The Bertz CT molecular complexity index is 1140. The van der Waals surface area contributed by atoms with Gasteiger partial charge in [-0.05, 0) is 43.0 Å². The van der Waals surface area contributed by atoms with Gasteiger partial charge >= 0.3 is 0 Å². The molecule has 3 atom stereocenters. The number of amides is 1. The number of hydrogen-bond acceptors (Lipinski definition) is 6. The Hall–Kier alpha value is -3.30. The largest absolute Gasteiger partial charge is 0.370 e. The van der Waals surface area contributed by atoms with E-state index in [1.165, 1.54) is 24.5 Å². The van der Waals surface area contributed by atoms with Gasteiger partial charge in [0.05, 0.1) is 29.7 Å². The van der Waals surface area contributed by atoms with Crippen molar-refractivity contribution in [3.05, 3.63) is 71.8 Å². The van der Waals surface area contributed by atoms with Crippen molar-refractivity contribution in [2.45, 2.75) is 44.9 Å². The van der Waals surface area contributed by atoms with Crippen LogP contribution in [0.5, 0.6) is 0 Å². The van der Waals surface area contributed by atoms with Gasteiger partial charge in [-0.2, -0.15) is 0 Å². The molecule has 172 valence electrons. The summed E-state index contributed by atoms with van der Waals surface area (Å²) in [5.74, 6) is -2.10. The van der Waals surface area contributed by atoms with Crippen molar-refractivity contribution >= 4 is 11.6 Å². The summed E-state index contributed by atoms with van der Waals surface area (Å²) in [5.41, 5.74) is 7.05. The fourth-order valence-corrected chi connectivity index (χ4v) is 3.92. The molecule has 7 nitrogen and oxygen atoms in total. The number of benzene rings is 1. The summed E-state index contributed by atoms with van der Waals surface area (Å²) in [7, 11) is 0. The highest BCUT2D eigenvalue weighted by molar-refractivity contribution is 6.03. The molecule has 4 rings (SSSR count). The molecule has 0 unspecified atom stereocenters. The number of carbonyl (C=O) groups is 1. The lowest BCUT2D eigenvalue weighted by molar-refractivity contribution is -0.0787. The van der Waals surface area contributed by atoms with E-state index in [2.05, 4.69) is 34.1 Å². The van der Waals surface area contributed by atoms with Crippen LogP contribution in [-0.4, -0.2) is 33.0 Å². The molecule has 0 bridgehead atoms. The van der Waals surface area contributed by atoms with Crippen LogP contribution in [0.25, 0.3) is 11.4 Å². The first-order valence-electron chi connectivity index (χ1n) is 10.8. The number of nitrogens with two attached hydrogens (primary N) is 1. The molecule has 1 saturated heterocycles. The van der Waals surface area contributed by atoms with Gasteiger partial charge in [0, 0.05) is 24.0 Å². The van der Waals surface area contributed by atoms with E-state index < -0.39 is 23.1 Å². The number of ether oxygens (including phenoxy) is 1. The molecule has 0 saturated carbocycles. The molecule has 2 aromatic heterocycles. The van der Waals surface area contributed by atoms with E-state index in [0.717, 1.165) is 24.1 Å². The van der Waals surface area contributed by atoms with Crippen LogP contribution in [0, 0.1) is 17.6 Å². The molecule has 1 aromatic carbocycles. The second-order valence-corrected chi connectivity index (χ2v) is 8.42. The van der Waals surface area contributed by atoms with Crippen LogP contribution in [0.4, 0.5) is 14.5 Å². The van der Waals surface area contributed by atoms with E-state index in [9.17, 15) is 13.6 Å². The lowest BCUT2D eigenvalue weighted by Crippen LogP contribution is -2.39. The SMILES string of the molecule is CC(C)[C@@H]1C[C@H](N)C[C@H](c2ccncc2NC(=O)c2ccnc(-c3c(F)cccc3F)n2)O1. The molecule has 3 aromatic rings. The fraction of sp³-hybridized carbons (Fsp3) is 0.333. The molecule has 0 radical (unpaired) electrons. The molecule has 3 heterocycles. The van der Waals surface area contributed by atoms with E-state index in [1.54, 1.807) is 12.3 Å². The van der Waals surface area contributed by atoms with Gasteiger partial charge in [-0.1, -0.05) is 19.9 Å². The van der Waals surface area contributed by atoms with Gasteiger partial charge in [0.1, 0.15) is 17.3 Å². The van der Waals surface area contributed by atoms with E-state index in [1.807, 2.05) is 0 Å². The Morgan fingerprint density at radius 3 is 2.64 bits per heavy atom. The van der Waals surface area contributed by atoms with Crippen LogP contribution >= 0.6 is 0 Å². The average molecular weight is 453 g/mol. The Labute approximate surface area is 190 Å². The number of halogens is 2. The van der Waals surface area contributed by atoms with E-state index in [4.69, 9.17) is 10.5 Å². The smallest absolute Gasteiger partial charge is 0.274 e. The lowest BCUT2D eigenvalue weighted by atomic mass is 9.90. The summed E-state index contributed by atoms with van der Waals surface area (Å²) in [6.07, 6.45) is 5.53. The molecule has 0 spiro atoms. The summed E-state index contributed by atoms with van der Waals surface area (Å²) in [4.78, 5) is 25.1. The van der Waals surface area contributed by atoms with Gasteiger partial charge < -0.3 is 15.8 Å². The van der Waals surface area contributed by atoms with Crippen LogP contribution in [0.3, 0.4) is 0 Å².